The number of hydrogen-bond acceptors (Lipinski definition) is 3. The minimum absolute atomic E-state index is 0. The van der Waals surface area contributed by atoms with E-state index < -0.39 is 0 Å². The second kappa shape index (κ2) is 4.46. The first kappa shape index (κ1) is 10.3. The van der Waals surface area contributed by atoms with Crippen molar-refractivity contribution in [1.82, 2.24) is 14.8 Å². The molecule has 4 nitrogen and oxygen atoms in total. The summed E-state index contributed by atoms with van der Waals surface area (Å²) in [6.45, 7) is 2.26. The topological polar surface area (TPSA) is 34.0 Å². The second-order valence-electron chi connectivity index (χ2n) is 3.29. The molecule has 1 aliphatic heterocycles. The van der Waals surface area contributed by atoms with Crippen LogP contribution in [0.25, 0.3) is 0 Å². The van der Waals surface area contributed by atoms with E-state index in [2.05, 4.69) is 15.1 Å². The molecule has 1 aliphatic rings. The summed E-state index contributed by atoms with van der Waals surface area (Å²) in [5.74, 6) is 1.01. The second-order valence-corrected chi connectivity index (χ2v) is 3.29. The van der Waals surface area contributed by atoms with Gasteiger partial charge < -0.3 is 9.47 Å². The first-order valence-electron chi connectivity index (χ1n) is 4.47. The predicted octanol–water partition coefficient (Wildman–Crippen LogP) is 1.23. The van der Waals surface area contributed by atoms with Crippen LogP contribution in [0.15, 0.2) is 6.33 Å². The highest BCUT2D eigenvalue weighted by Crippen LogP contribution is 2.15. The molecule has 5 heteroatoms. The lowest BCUT2D eigenvalue weighted by molar-refractivity contribution is 0.562. The maximum absolute atomic E-state index is 4.08. The van der Waals surface area contributed by atoms with Gasteiger partial charge in [0, 0.05) is 20.1 Å². The third kappa shape index (κ3) is 2.12. The zero-order valence-electron chi connectivity index (χ0n) is 7.81. The van der Waals surface area contributed by atoms with Gasteiger partial charge in [-0.25, -0.2) is 0 Å². The van der Waals surface area contributed by atoms with Crippen LogP contribution in [-0.4, -0.2) is 27.9 Å². The third-order valence-corrected chi connectivity index (χ3v) is 2.33. The molecule has 0 saturated carbocycles. The van der Waals surface area contributed by atoms with Gasteiger partial charge in [-0.2, -0.15) is 0 Å². The summed E-state index contributed by atoms with van der Waals surface area (Å²) in [4.78, 5) is 2.30. The van der Waals surface area contributed by atoms with Crippen LogP contribution < -0.4 is 4.90 Å². The van der Waals surface area contributed by atoms with E-state index in [0.717, 1.165) is 19.0 Å². The lowest BCUT2D eigenvalue weighted by Crippen LogP contribution is -2.31. The summed E-state index contributed by atoms with van der Waals surface area (Å²) < 4.78 is 1.98. The summed E-state index contributed by atoms with van der Waals surface area (Å²) in [6.07, 6.45) is 5.68. The van der Waals surface area contributed by atoms with Gasteiger partial charge in [0.2, 0.25) is 5.95 Å². The monoisotopic (exact) mass is 202 g/mol. The van der Waals surface area contributed by atoms with Crippen molar-refractivity contribution in [2.75, 3.05) is 18.0 Å². The van der Waals surface area contributed by atoms with E-state index in [0.29, 0.717) is 0 Å². The summed E-state index contributed by atoms with van der Waals surface area (Å²) in [7, 11) is 1.99. The maximum Gasteiger partial charge on any atom is 0.226 e. The first-order chi connectivity index (χ1) is 5.88. The van der Waals surface area contributed by atoms with Crippen molar-refractivity contribution in [2.45, 2.75) is 19.3 Å². The predicted molar refractivity (Wildman–Crippen MR) is 54.3 cm³/mol. The zero-order valence-corrected chi connectivity index (χ0v) is 8.63. The molecule has 13 heavy (non-hydrogen) atoms. The number of anilines is 1. The van der Waals surface area contributed by atoms with Gasteiger partial charge in [0.15, 0.2) is 0 Å². The molecule has 0 bridgehead atoms. The number of halogens is 1. The lowest BCUT2D eigenvalue weighted by atomic mass is 10.1. The van der Waals surface area contributed by atoms with Gasteiger partial charge >= 0.3 is 0 Å². The zero-order chi connectivity index (χ0) is 8.39. The number of aryl methyl sites for hydroxylation is 1. The van der Waals surface area contributed by atoms with E-state index in [1.807, 2.05) is 11.6 Å². The Morgan fingerprint density at radius 1 is 1.23 bits per heavy atom. The number of hydrogen-bond donors (Lipinski definition) is 0. The molecule has 2 rings (SSSR count). The van der Waals surface area contributed by atoms with Crippen LogP contribution in [0.4, 0.5) is 5.95 Å². The average Bonchev–Trinajstić information content (AvgIpc) is 2.53. The minimum Gasteiger partial charge on any atom is -0.341 e. The van der Waals surface area contributed by atoms with Gasteiger partial charge in [0.1, 0.15) is 6.33 Å². The number of rotatable bonds is 1. The molecule has 0 atom stereocenters. The summed E-state index contributed by atoms with van der Waals surface area (Å²) in [5.41, 5.74) is 0. The molecule has 0 radical (unpaired) electrons. The molecule has 0 spiro atoms. The Hall–Kier alpha value is -0.770. The van der Waals surface area contributed by atoms with Crippen LogP contribution >= 0.6 is 12.4 Å². The van der Waals surface area contributed by atoms with Crippen molar-refractivity contribution >= 4 is 18.4 Å². The van der Waals surface area contributed by atoms with Gasteiger partial charge in [0.25, 0.3) is 0 Å². The Morgan fingerprint density at radius 2 is 1.92 bits per heavy atom. The van der Waals surface area contributed by atoms with Crippen LogP contribution in [0.2, 0.25) is 0 Å². The van der Waals surface area contributed by atoms with Gasteiger partial charge in [-0.05, 0) is 19.3 Å². The van der Waals surface area contributed by atoms with E-state index in [1.165, 1.54) is 19.3 Å². The van der Waals surface area contributed by atoms with Crippen molar-refractivity contribution in [3.05, 3.63) is 6.33 Å². The van der Waals surface area contributed by atoms with Gasteiger partial charge in [-0.1, -0.05) is 0 Å². The van der Waals surface area contributed by atoms with Crippen LogP contribution in [0.5, 0.6) is 0 Å². The van der Waals surface area contributed by atoms with Gasteiger partial charge in [-0.3, -0.25) is 0 Å². The molecule has 1 saturated heterocycles. The van der Waals surface area contributed by atoms with Crippen LogP contribution in [0.1, 0.15) is 19.3 Å². The molecule has 0 amide bonds. The first-order valence-corrected chi connectivity index (χ1v) is 4.47. The molecule has 74 valence electrons. The standard InChI is InChI=1S/C8H14N4.ClH/c1-11-7-9-10-8(11)12-5-3-2-4-6-12;/h7H,2-6H2,1H3;1H. The van der Waals surface area contributed by atoms with Crippen molar-refractivity contribution in [3.8, 4) is 0 Å². The normalized spacial score (nSPS) is 16.8. The lowest BCUT2D eigenvalue weighted by Gasteiger charge is -2.26. The Balaban J connectivity index is 0.000000845. The van der Waals surface area contributed by atoms with Crippen molar-refractivity contribution in [3.63, 3.8) is 0 Å². The Bertz CT molecular complexity index is 254. The third-order valence-electron chi connectivity index (χ3n) is 2.33. The Kier molecular flexibility index (Phi) is 3.54. The smallest absolute Gasteiger partial charge is 0.226 e. The highest BCUT2D eigenvalue weighted by molar-refractivity contribution is 5.85. The maximum atomic E-state index is 4.08. The highest BCUT2D eigenvalue weighted by atomic mass is 35.5. The molecule has 1 aromatic rings. The molecular weight excluding hydrogens is 188 g/mol. The number of aromatic nitrogens is 3. The van der Waals surface area contributed by atoms with Crippen molar-refractivity contribution in [1.29, 1.82) is 0 Å². The fraction of sp³-hybridized carbons (Fsp3) is 0.750. The van der Waals surface area contributed by atoms with Gasteiger partial charge in [0.05, 0.1) is 0 Å². The van der Waals surface area contributed by atoms with Gasteiger partial charge in [-0.15, -0.1) is 22.6 Å². The molecule has 0 aliphatic carbocycles. The largest absolute Gasteiger partial charge is 0.341 e. The molecule has 1 aromatic heterocycles. The molecule has 0 N–H and O–H groups in total. The van der Waals surface area contributed by atoms with E-state index in [4.69, 9.17) is 0 Å². The van der Waals surface area contributed by atoms with E-state index in [-0.39, 0.29) is 12.4 Å². The van der Waals surface area contributed by atoms with Crippen LogP contribution in [0, 0.1) is 0 Å². The van der Waals surface area contributed by atoms with Crippen molar-refractivity contribution < 1.29 is 0 Å². The molecular formula is C8H15ClN4. The number of nitrogens with zero attached hydrogens (tertiary/aromatic N) is 4. The fourth-order valence-electron chi connectivity index (χ4n) is 1.66. The average molecular weight is 203 g/mol. The van der Waals surface area contributed by atoms with Crippen LogP contribution in [0.3, 0.4) is 0 Å². The molecule has 0 unspecified atom stereocenters. The Morgan fingerprint density at radius 3 is 2.46 bits per heavy atom. The van der Waals surface area contributed by atoms with E-state index in [9.17, 15) is 0 Å². The minimum atomic E-state index is 0. The quantitative estimate of drug-likeness (QED) is 0.687. The molecule has 1 fully saturated rings. The van der Waals surface area contributed by atoms with E-state index in [1.54, 1.807) is 6.33 Å². The van der Waals surface area contributed by atoms with Crippen LogP contribution in [-0.2, 0) is 7.05 Å². The highest BCUT2D eigenvalue weighted by Gasteiger charge is 2.14. The molecule has 0 aromatic carbocycles. The Labute approximate surface area is 84.4 Å². The fourth-order valence-corrected chi connectivity index (χ4v) is 1.66. The summed E-state index contributed by atoms with van der Waals surface area (Å²) in [5, 5.41) is 7.95. The molecule has 2 heterocycles. The SMILES string of the molecule is Cl.Cn1cnnc1N1CCCCC1. The number of piperidine rings is 1. The van der Waals surface area contributed by atoms with E-state index >= 15 is 0 Å². The summed E-state index contributed by atoms with van der Waals surface area (Å²) >= 11 is 0. The summed E-state index contributed by atoms with van der Waals surface area (Å²) in [6, 6.07) is 0. The van der Waals surface area contributed by atoms with Crippen molar-refractivity contribution in [2.24, 2.45) is 7.05 Å².